The maximum atomic E-state index is 12.4. The van der Waals surface area contributed by atoms with E-state index in [0.717, 1.165) is 5.56 Å². The van der Waals surface area contributed by atoms with E-state index in [1.54, 1.807) is 35.3 Å². The number of hydrogen-bond acceptors (Lipinski definition) is 4. The number of aromatic nitrogens is 1. The molecule has 1 spiro atoms. The van der Waals surface area contributed by atoms with Crippen LogP contribution in [0.2, 0.25) is 0 Å². The number of aliphatic carboxylic acids is 1. The van der Waals surface area contributed by atoms with Crippen molar-refractivity contribution in [1.82, 2.24) is 14.8 Å². The van der Waals surface area contributed by atoms with Crippen molar-refractivity contribution in [1.29, 1.82) is 0 Å². The zero-order valence-corrected chi connectivity index (χ0v) is 13.6. The second-order valence-electron chi connectivity index (χ2n) is 6.57. The Kier molecular flexibility index (Phi) is 4.26. The summed E-state index contributed by atoms with van der Waals surface area (Å²) in [6.07, 6.45) is 4.69. The molecule has 3 rings (SSSR count). The van der Waals surface area contributed by atoms with Crippen LogP contribution in [0.1, 0.15) is 24.8 Å². The average Bonchev–Trinajstić information content (AvgIpc) is 2.82. The van der Waals surface area contributed by atoms with E-state index in [1.807, 2.05) is 6.07 Å². The summed E-state index contributed by atoms with van der Waals surface area (Å²) in [5.74, 6) is -1.73. The Morgan fingerprint density at radius 2 is 2.08 bits per heavy atom. The van der Waals surface area contributed by atoms with Crippen LogP contribution in [0.25, 0.3) is 0 Å². The van der Waals surface area contributed by atoms with Crippen molar-refractivity contribution < 1.29 is 19.5 Å². The first-order chi connectivity index (χ1) is 11.4. The van der Waals surface area contributed by atoms with Crippen LogP contribution in [0.3, 0.4) is 0 Å². The van der Waals surface area contributed by atoms with Gasteiger partial charge in [-0.2, -0.15) is 0 Å². The highest BCUT2D eigenvalue weighted by atomic mass is 16.4. The zero-order chi connectivity index (χ0) is 17.3. The molecule has 2 amide bonds. The Labute approximate surface area is 140 Å². The van der Waals surface area contributed by atoms with Gasteiger partial charge in [0.05, 0.1) is 17.9 Å². The van der Waals surface area contributed by atoms with E-state index in [9.17, 15) is 19.5 Å². The number of carboxylic acid groups (broad SMARTS) is 1. The highest BCUT2D eigenvalue weighted by molar-refractivity contribution is 5.88. The van der Waals surface area contributed by atoms with Gasteiger partial charge in [-0.05, 0) is 24.5 Å². The molecule has 1 atom stereocenters. The smallest absolute Gasteiger partial charge is 0.309 e. The molecule has 1 aromatic rings. The van der Waals surface area contributed by atoms with Crippen molar-refractivity contribution in [2.24, 2.45) is 5.92 Å². The third kappa shape index (κ3) is 2.74. The molecule has 2 aliphatic rings. The second-order valence-corrected chi connectivity index (χ2v) is 6.57. The third-order valence-corrected chi connectivity index (χ3v) is 5.43. The topological polar surface area (TPSA) is 90.8 Å². The van der Waals surface area contributed by atoms with E-state index in [0.29, 0.717) is 25.9 Å². The van der Waals surface area contributed by atoms with Gasteiger partial charge in [0.15, 0.2) is 0 Å². The first-order valence-corrected chi connectivity index (χ1v) is 8.10. The summed E-state index contributed by atoms with van der Waals surface area (Å²) in [7, 11) is 1.68. The first-order valence-electron chi connectivity index (χ1n) is 8.10. The molecule has 1 aromatic heterocycles. The predicted octanol–water partition coefficient (Wildman–Crippen LogP) is 0.548. The van der Waals surface area contributed by atoms with Gasteiger partial charge in [0, 0.05) is 39.0 Å². The summed E-state index contributed by atoms with van der Waals surface area (Å²) < 4.78 is 0. The van der Waals surface area contributed by atoms with E-state index >= 15 is 0 Å². The molecule has 2 fully saturated rings. The summed E-state index contributed by atoms with van der Waals surface area (Å²) in [6, 6.07) is 3.66. The van der Waals surface area contributed by atoms with Gasteiger partial charge in [-0.25, -0.2) is 0 Å². The van der Waals surface area contributed by atoms with Crippen LogP contribution in [0.4, 0.5) is 0 Å². The van der Waals surface area contributed by atoms with E-state index in [1.165, 1.54) is 0 Å². The molecule has 0 radical (unpaired) electrons. The number of hydrogen-bond donors (Lipinski definition) is 1. The standard InChI is InChI=1S/C17H21N3O4/c1-19-14(21)10-13(16(23)24)17(19)4-7-20(8-5-17)15(22)9-12-3-2-6-18-11-12/h2-3,6,11,13H,4-5,7-10H2,1H3,(H,23,24)/t13-/m1/s1. The Morgan fingerprint density at radius 3 is 2.67 bits per heavy atom. The number of rotatable bonds is 3. The van der Waals surface area contributed by atoms with Gasteiger partial charge in [0.2, 0.25) is 11.8 Å². The summed E-state index contributed by atoms with van der Waals surface area (Å²) in [4.78, 5) is 43.3. The molecule has 0 aliphatic carbocycles. The van der Waals surface area contributed by atoms with E-state index in [4.69, 9.17) is 0 Å². The molecule has 24 heavy (non-hydrogen) atoms. The molecule has 7 heteroatoms. The molecule has 1 N–H and O–H groups in total. The molecule has 0 unspecified atom stereocenters. The fourth-order valence-electron chi connectivity index (χ4n) is 3.92. The number of carbonyl (C=O) groups is 3. The molecule has 2 aliphatic heterocycles. The lowest BCUT2D eigenvalue weighted by molar-refractivity contribution is -0.146. The van der Waals surface area contributed by atoms with Gasteiger partial charge in [-0.15, -0.1) is 0 Å². The fraction of sp³-hybridized carbons (Fsp3) is 0.529. The Balaban J connectivity index is 1.67. The first kappa shape index (κ1) is 16.4. The minimum absolute atomic E-state index is 0.0108. The SMILES string of the molecule is CN1C(=O)C[C@H](C(=O)O)C12CCN(C(=O)Cc1cccnc1)CC2. The van der Waals surface area contributed by atoms with Gasteiger partial charge in [-0.3, -0.25) is 19.4 Å². The van der Waals surface area contributed by atoms with Crippen LogP contribution < -0.4 is 0 Å². The Morgan fingerprint density at radius 1 is 1.38 bits per heavy atom. The van der Waals surface area contributed by atoms with Crippen molar-refractivity contribution in [3.05, 3.63) is 30.1 Å². The van der Waals surface area contributed by atoms with Crippen LogP contribution in [-0.4, -0.2) is 63.4 Å². The zero-order valence-electron chi connectivity index (χ0n) is 13.6. The maximum absolute atomic E-state index is 12.4. The lowest BCUT2D eigenvalue weighted by atomic mass is 9.77. The number of piperidine rings is 1. The van der Waals surface area contributed by atoms with Gasteiger partial charge in [0.25, 0.3) is 0 Å². The van der Waals surface area contributed by atoms with Crippen molar-refractivity contribution in [3.8, 4) is 0 Å². The van der Waals surface area contributed by atoms with Gasteiger partial charge in [0.1, 0.15) is 0 Å². The molecular formula is C17H21N3O4. The van der Waals surface area contributed by atoms with Crippen LogP contribution in [0.15, 0.2) is 24.5 Å². The number of carboxylic acids is 1. The summed E-state index contributed by atoms with van der Waals surface area (Å²) in [6.45, 7) is 0.945. The van der Waals surface area contributed by atoms with E-state index in [2.05, 4.69) is 4.98 Å². The quantitative estimate of drug-likeness (QED) is 0.873. The molecule has 3 heterocycles. The number of amides is 2. The normalized spacial score (nSPS) is 22.9. The van der Waals surface area contributed by atoms with Crippen LogP contribution in [0, 0.1) is 5.92 Å². The summed E-state index contributed by atoms with van der Waals surface area (Å²) >= 11 is 0. The largest absolute Gasteiger partial charge is 0.481 e. The third-order valence-electron chi connectivity index (χ3n) is 5.43. The van der Waals surface area contributed by atoms with E-state index < -0.39 is 17.4 Å². The molecule has 2 saturated heterocycles. The second kappa shape index (κ2) is 6.22. The number of pyridine rings is 1. The predicted molar refractivity (Wildman–Crippen MR) is 85.0 cm³/mol. The van der Waals surface area contributed by atoms with Gasteiger partial charge < -0.3 is 14.9 Å². The Hall–Kier alpha value is -2.44. The van der Waals surface area contributed by atoms with E-state index in [-0.39, 0.29) is 24.7 Å². The summed E-state index contributed by atoms with van der Waals surface area (Å²) in [5, 5.41) is 9.47. The molecule has 128 valence electrons. The molecule has 0 bridgehead atoms. The minimum Gasteiger partial charge on any atom is -0.481 e. The molecule has 7 nitrogen and oxygen atoms in total. The van der Waals surface area contributed by atoms with Crippen molar-refractivity contribution in [2.75, 3.05) is 20.1 Å². The highest BCUT2D eigenvalue weighted by Crippen LogP contribution is 2.42. The summed E-state index contributed by atoms with van der Waals surface area (Å²) in [5.41, 5.74) is 0.202. The minimum atomic E-state index is -0.928. The maximum Gasteiger partial charge on any atom is 0.309 e. The number of likely N-dealkylation sites (tertiary alicyclic amines) is 2. The van der Waals surface area contributed by atoms with Crippen LogP contribution >= 0.6 is 0 Å². The number of carbonyl (C=O) groups excluding carboxylic acids is 2. The lowest BCUT2D eigenvalue weighted by Crippen LogP contribution is -2.57. The van der Waals surface area contributed by atoms with Crippen molar-refractivity contribution >= 4 is 17.8 Å². The fourth-order valence-corrected chi connectivity index (χ4v) is 3.92. The van der Waals surface area contributed by atoms with Crippen LogP contribution in [0.5, 0.6) is 0 Å². The van der Waals surface area contributed by atoms with Crippen LogP contribution in [-0.2, 0) is 20.8 Å². The monoisotopic (exact) mass is 331 g/mol. The molecular weight excluding hydrogens is 310 g/mol. The number of nitrogens with zero attached hydrogens (tertiary/aromatic N) is 3. The van der Waals surface area contributed by atoms with Gasteiger partial charge in [-0.1, -0.05) is 6.07 Å². The average molecular weight is 331 g/mol. The highest BCUT2D eigenvalue weighted by Gasteiger charge is 2.55. The van der Waals surface area contributed by atoms with Gasteiger partial charge >= 0.3 is 5.97 Å². The molecule has 0 aromatic carbocycles. The molecule has 0 saturated carbocycles. The van der Waals surface area contributed by atoms with Crippen molar-refractivity contribution in [3.63, 3.8) is 0 Å². The lowest BCUT2D eigenvalue weighted by Gasteiger charge is -2.45. The van der Waals surface area contributed by atoms with Crippen molar-refractivity contribution in [2.45, 2.75) is 31.2 Å². The Bertz CT molecular complexity index is 653.